The number of methoxy groups -OCH3 is 8. The summed E-state index contributed by atoms with van der Waals surface area (Å²) in [5.74, 6) is 6.62. The van der Waals surface area contributed by atoms with E-state index < -0.39 is 13.2 Å². The molecule has 0 atom stereocenters. The van der Waals surface area contributed by atoms with E-state index in [0.29, 0.717) is 68.5 Å². The predicted molar refractivity (Wildman–Crippen MR) is 215 cm³/mol. The summed E-state index contributed by atoms with van der Waals surface area (Å²) in [5, 5.41) is 27.7. The fraction of sp³-hybridized carbons (Fsp3) is 0.293. The number of amides is 2. The molecule has 0 spiro atoms. The van der Waals surface area contributed by atoms with Gasteiger partial charge in [0.2, 0.25) is 0 Å². The molecule has 0 fully saturated rings. The Morgan fingerprint density at radius 3 is 1.52 bits per heavy atom. The number of phenolic OH excluding ortho intramolecular Hbond substituents is 1. The molecule has 0 aliphatic heterocycles. The maximum atomic E-state index is 14.5. The van der Waals surface area contributed by atoms with Crippen LogP contribution in [0.2, 0.25) is 0 Å². The number of carbonyl (C=O) groups excluding carboxylic acids is 2. The molecular weight excluding hydrogens is 741 g/mol. The third kappa shape index (κ3) is 9.23. The van der Waals surface area contributed by atoms with Gasteiger partial charge in [0.25, 0.3) is 0 Å². The van der Waals surface area contributed by atoms with Gasteiger partial charge in [0.05, 0.1) is 0 Å². The fourth-order valence-electron chi connectivity index (χ4n) is 6.52. The van der Waals surface area contributed by atoms with E-state index in [1.165, 1.54) is 62.9 Å². The van der Waals surface area contributed by atoms with E-state index in [1.54, 1.807) is 60.7 Å². The molecule has 0 saturated carbocycles. The summed E-state index contributed by atoms with van der Waals surface area (Å²) in [5.41, 5.74) is 1.21. The first-order valence-corrected chi connectivity index (χ1v) is 19.4. The van der Waals surface area contributed by atoms with Crippen molar-refractivity contribution >= 4 is 40.7 Å². The number of carbonyl (C=O) groups is 2. The summed E-state index contributed by atoms with van der Waals surface area (Å²) >= 11 is 0. The minimum absolute atomic E-state index is 0.103. The molecule has 0 bridgehead atoms. The Hall–Kier alpha value is -6.50. The van der Waals surface area contributed by atoms with Crippen molar-refractivity contribution < 1.29 is 52.6 Å². The topological polar surface area (TPSA) is 176 Å². The van der Waals surface area contributed by atoms with Gasteiger partial charge in [-0.1, -0.05) is 5.92 Å². The van der Waals surface area contributed by atoms with Crippen LogP contribution in [0.3, 0.4) is 0 Å². The zero-order valence-electron chi connectivity index (χ0n) is 32.6. The van der Waals surface area contributed by atoms with Crippen LogP contribution >= 0.6 is 7.26 Å². The Kier molecular flexibility index (Phi) is 14.9. The van der Waals surface area contributed by atoms with Crippen LogP contribution in [0.1, 0.15) is 18.4 Å². The quantitative estimate of drug-likeness (QED) is 0.0755. The molecule has 0 radical (unpaired) electrons. The number of nitrogens with zero attached hydrogens (tertiary/aromatic N) is 1. The van der Waals surface area contributed by atoms with Crippen LogP contribution in [0.25, 0.3) is 0 Å². The van der Waals surface area contributed by atoms with Crippen LogP contribution in [-0.2, 0) is 9.59 Å². The van der Waals surface area contributed by atoms with E-state index in [2.05, 4.69) is 22.5 Å². The van der Waals surface area contributed by atoms with Gasteiger partial charge in [-0.3, -0.25) is 0 Å². The Morgan fingerprint density at radius 1 is 0.643 bits per heavy atom. The maximum absolute atomic E-state index is 14.5. The van der Waals surface area contributed by atoms with E-state index in [0.717, 1.165) is 0 Å². The first-order chi connectivity index (χ1) is 27.1. The number of nitriles is 1. The van der Waals surface area contributed by atoms with Crippen molar-refractivity contribution in [1.29, 1.82) is 5.26 Å². The van der Waals surface area contributed by atoms with Gasteiger partial charge in [-0.2, -0.15) is 5.26 Å². The molecule has 0 aliphatic rings. The predicted octanol–water partition coefficient (Wildman–Crippen LogP) is 3.90. The van der Waals surface area contributed by atoms with E-state index in [-0.39, 0.29) is 41.8 Å². The summed E-state index contributed by atoms with van der Waals surface area (Å²) in [6.07, 6.45) is 0.139. The van der Waals surface area contributed by atoms with Crippen LogP contribution in [0.5, 0.6) is 51.7 Å². The molecule has 4 rings (SSSR count). The normalized spacial score (nSPS) is 10.8. The van der Waals surface area contributed by atoms with Crippen molar-refractivity contribution in [1.82, 2.24) is 5.32 Å². The summed E-state index contributed by atoms with van der Waals surface area (Å²) < 4.78 is 46.8. The van der Waals surface area contributed by atoms with Gasteiger partial charge in [0, 0.05) is 5.92 Å². The Morgan fingerprint density at radius 2 is 1.09 bits per heavy atom. The second-order valence-corrected chi connectivity index (χ2v) is 15.7. The molecule has 4 aromatic carbocycles. The first kappa shape index (κ1) is 42.2. The number of ether oxygens (including phenoxy) is 8. The van der Waals surface area contributed by atoms with E-state index in [1.807, 2.05) is 0 Å². The number of benzene rings is 4. The van der Waals surface area contributed by atoms with E-state index in [9.17, 15) is 14.7 Å². The van der Waals surface area contributed by atoms with Crippen molar-refractivity contribution in [3.05, 3.63) is 66.2 Å². The van der Waals surface area contributed by atoms with Crippen LogP contribution in [-0.4, -0.2) is 86.5 Å². The number of anilines is 1. The number of phenols is 1. The number of hydrogen-bond acceptors (Lipinski definition) is 12. The van der Waals surface area contributed by atoms with E-state index >= 15 is 0 Å². The molecule has 296 valence electrons. The van der Waals surface area contributed by atoms with Crippen molar-refractivity contribution in [3.63, 3.8) is 0 Å². The van der Waals surface area contributed by atoms with Gasteiger partial charge in [-0.25, -0.2) is 0 Å². The van der Waals surface area contributed by atoms with Gasteiger partial charge >= 0.3 is 304 Å². The molecule has 15 heteroatoms. The third-order valence-electron chi connectivity index (χ3n) is 8.98. The van der Waals surface area contributed by atoms with Crippen molar-refractivity contribution in [3.8, 4) is 69.7 Å². The summed E-state index contributed by atoms with van der Waals surface area (Å²) in [4.78, 5) is 27.4. The molecule has 3 N–H and O–H groups in total. The third-order valence-corrected chi connectivity index (χ3v) is 13.9. The van der Waals surface area contributed by atoms with Crippen molar-refractivity contribution in [2.45, 2.75) is 12.8 Å². The molecule has 0 aliphatic carbocycles. The SMILES string of the molecule is COc1cc(O)c([PH](CC(=O)NCCCC(=O)Nc2ccc(C#CC#N)cc2)(c2c(OC)cc(OC)cc2OC)c2c(OC)cc(OC)cc2OC)c(OC)c1. The molecule has 0 saturated heterocycles. The summed E-state index contributed by atoms with van der Waals surface area (Å²) in [7, 11) is 7.66. The monoisotopic (exact) mass is 787 g/mol. The molecule has 0 unspecified atom stereocenters. The Bertz CT molecular complexity index is 2030. The zero-order chi connectivity index (χ0) is 40.8. The average Bonchev–Trinajstić information content (AvgIpc) is 3.22. The van der Waals surface area contributed by atoms with Crippen molar-refractivity contribution in [2.24, 2.45) is 0 Å². The Labute approximate surface area is 326 Å². The van der Waals surface area contributed by atoms with Gasteiger partial charge in [0.15, 0.2) is 6.07 Å². The summed E-state index contributed by atoms with van der Waals surface area (Å²) in [6, 6.07) is 18.3. The van der Waals surface area contributed by atoms with Gasteiger partial charge < -0.3 is 0 Å². The van der Waals surface area contributed by atoms with E-state index in [4.69, 9.17) is 43.2 Å². The van der Waals surface area contributed by atoms with Crippen LogP contribution in [0.15, 0.2) is 60.7 Å². The van der Waals surface area contributed by atoms with Gasteiger partial charge in [-0.15, -0.1) is 0 Å². The molecule has 4 aromatic rings. The second-order valence-electron chi connectivity index (χ2n) is 12.1. The molecule has 14 nitrogen and oxygen atoms in total. The van der Waals surface area contributed by atoms with Gasteiger partial charge in [-0.05, 0) is 0 Å². The molecule has 2 amide bonds. The van der Waals surface area contributed by atoms with Crippen LogP contribution in [0, 0.1) is 23.2 Å². The molecule has 0 aromatic heterocycles. The number of nitrogens with one attached hydrogen (secondary N) is 2. The zero-order valence-corrected chi connectivity index (χ0v) is 33.6. The average molecular weight is 788 g/mol. The van der Waals surface area contributed by atoms with Crippen LogP contribution in [0.4, 0.5) is 5.69 Å². The molecule has 0 heterocycles. The first-order valence-electron chi connectivity index (χ1n) is 17.2. The second kappa shape index (κ2) is 19.7. The summed E-state index contributed by atoms with van der Waals surface area (Å²) in [6.45, 7) is 0.138. The molecule has 56 heavy (non-hydrogen) atoms. The van der Waals surface area contributed by atoms with Crippen LogP contribution < -0.4 is 64.4 Å². The number of aromatic hydroxyl groups is 1. The molecular formula is C41H46N3O11P. The number of rotatable bonds is 18. The minimum atomic E-state index is -4.17. The van der Waals surface area contributed by atoms with Crippen molar-refractivity contribution in [2.75, 3.05) is 74.9 Å². The fourth-order valence-corrected chi connectivity index (χ4v) is 11.9. The Balaban J connectivity index is 1.88. The standard InChI is InChI=1S/C41H46N3O11P/c1-48-28-19-31(45)39(32(20-28)51-4)56(40-33(52-5)21-29(49-2)22-34(40)53-6,41-35(54-7)23-30(50-3)24-36(41)55-8)25-38(47)43-18-10-12-37(46)44-27-15-13-26(14-16-27)11-9-17-42/h13-16,19-24,45,56H,10,12,18,25H2,1-8H3,(H,43,47)(H,44,46). The van der Waals surface area contributed by atoms with Gasteiger partial charge in [0.1, 0.15) is 0 Å². The number of hydrogen-bond donors (Lipinski definition) is 3.